The van der Waals surface area contributed by atoms with Crippen LogP contribution in [-0.4, -0.2) is 32.9 Å². The van der Waals surface area contributed by atoms with E-state index in [-0.39, 0.29) is 17.9 Å². The molecule has 0 spiro atoms. The average molecular weight is 456 g/mol. The van der Waals surface area contributed by atoms with Gasteiger partial charge in [0.2, 0.25) is 5.91 Å². The highest BCUT2D eigenvalue weighted by atomic mass is 35.5. The number of nitrogens with one attached hydrogen (secondary N) is 1. The van der Waals surface area contributed by atoms with Gasteiger partial charge in [0.15, 0.2) is 0 Å². The molecular formula is C24H26ClN3O2S. The second-order valence-corrected chi connectivity index (χ2v) is 10.2. The van der Waals surface area contributed by atoms with Crippen molar-refractivity contribution in [3.8, 4) is 0 Å². The van der Waals surface area contributed by atoms with Gasteiger partial charge in [0, 0.05) is 23.0 Å². The van der Waals surface area contributed by atoms with E-state index in [1.807, 2.05) is 53.3 Å². The minimum Gasteiger partial charge on any atom is -0.351 e. The van der Waals surface area contributed by atoms with Crippen molar-refractivity contribution < 1.29 is 9.59 Å². The molecule has 0 radical (unpaired) electrons. The molecule has 1 aliphatic heterocycles. The number of fused-ring (bicyclic) bond motifs is 3. The van der Waals surface area contributed by atoms with Crippen molar-refractivity contribution in [2.75, 3.05) is 0 Å². The minimum absolute atomic E-state index is 0.0705. The number of benzene rings is 1. The molecule has 3 heterocycles. The lowest BCUT2D eigenvalue weighted by atomic mass is 9.91. The van der Waals surface area contributed by atoms with Gasteiger partial charge in [0.1, 0.15) is 16.1 Å². The van der Waals surface area contributed by atoms with E-state index in [0.717, 1.165) is 41.5 Å². The smallest absolute Gasteiger partial charge is 0.271 e. The number of carbonyl (C=O) groups is 2. The molecule has 1 atom stereocenters. The molecular weight excluding hydrogens is 430 g/mol. The van der Waals surface area contributed by atoms with E-state index in [4.69, 9.17) is 11.6 Å². The van der Waals surface area contributed by atoms with E-state index in [2.05, 4.69) is 5.32 Å². The molecule has 1 saturated carbocycles. The predicted octanol–water partition coefficient (Wildman–Crippen LogP) is 5.22. The van der Waals surface area contributed by atoms with Gasteiger partial charge in [-0.1, -0.05) is 43.0 Å². The van der Waals surface area contributed by atoms with E-state index in [1.165, 1.54) is 6.42 Å². The van der Waals surface area contributed by atoms with Crippen LogP contribution >= 0.6 is 22.9 Å². The lowest BCUT2D eigenvalue weighted by Gasteiger charge is -2.44. The number of nitrogens with zero attached hydrogens (tertiary/aromatic N) is 2. The Bertz CT molecular complexity index is 1150. The van der Waals surface area contributed by atoms with Gasteiger partial charge in [0.25, 0.3) is 5.91 Å². The molecule has 1 N–H and O–H groups in total. The standard InChI is InChI=1S/C24H26ClN3O2S/c1-24(23(30)26-19-8-3-2-4-9-19)15-27-20(13-17-10-11-31-22(17)27)21(29)28(24)14-16-6-5-7-18(25)12-16/h5-7,10-13,19H,2-4,8-9,14-15H2,1H3,(H,26,30). The SMILES string of the molecule is CC1(C(=O)NC2CCCCC2)Cn2c(cc3ccsc32)C(=O)N1Cc1cccc(Cl)c1. The number of halogens is 1. The van der Waals surface area contributed by atoms with Crippen LogP contribution in [0, 0.1) is 0 Å². The summed E-state index contributed by atoms with van der Waals surface area (Å²) in [6.07, 6.45) is 5.53. The van der Waals surface area contributed by atoms with Crippen LogP contribution in [0.1, 0.15) is 55.1 Å². The maximum absolute atomic E-state index is 13.7. The quantitative estimate of drug-likeness (QED) is 0.586. The molecule has 2 amide bonds. The van der Waals surface area contributed by atoms with E-state index in [0.29, 0.717) is 23.8 Å². The zero-order valence-corrected chi connectivity index (χ0v) is 19.1. The first-order valence-electron chi connectivity index (χ1n) is 10.9. The van der Waals surface area contributed by atoms with E-state index in [9.17, 15) is 9.59 Å². The molecule has 1 aromatic carbocycles. The second-order valence-electron chi connectivity index (χ2n) is 8.90. The van der Waals surface area contributed by atoms with Gasteiger partial charge in [-0.15, -0.1) is 11.3 Å². The zero-order chi connectivity index (χ0) is 21.6. The van der Waals surface area contributed by atoms with Gasteiger partial charge >= 0.3 is 0 Å². The maximum atomic E-state index is 13.7. The highest BCUT2D eigenvalue weighted by molar-refractivity contribution is 7.16. The summed E-state index contributed by atoms with van der Waals surface area (Å²) in [6, 6.07) is 11.7. The summed E-state index contributed by atoms with van der Waals surface area (Å²) in [5, 5.41) is 6.97. The molecule has 2 aliphatic rings. The lowest BCUT2D eigenvalue weighted by molar-refractivity contribution is -0.134. The van der Waals surface area contributed by atoms with Crippen LogP contribution < -0.4 is 5.32 Å². The van der Waals surface area contributed by atoms with Gasteiger partial charge in [-0.25, -0.2) is 0 Å². The summed E-state index contributed by atoms with van der Waals surface area (Å²) >= 11 is 7.80. The molecule has 3 aromatic rings. The summed E-state index contributed by atoms with van der Waals surface area (Å²) in [4.78, 5) is 30.1. The highest BCUT2D eigenvalue weighted by Gasteiger charge is 2.48. The van der Waals surface area contributed by atoms with Crippen molar-refractivity contribution in [3.05, 3.63) is 58.1 Å². The Labute approximate surface area is 191 Å². The Morgan fingerprint density at radius 2 is 2.03 bits per heavy atom. The average Bonchev–Trinajstić information content (AvgIpc) is 3.34. The third-order valence-corrected chi connectivity index (χ3v) is 7.87. The maximum Gasteiger partial charge on any atom is 0.271 e. The van der Waals surface area contributed by atoms with Gasteiger partial charge in [-0.2, -0.15) is 0 Å². The molecule has 162 valence electrons. The van der Waals surface area contributed by atoms with E-state index >= 15 is 0 Å². The number of carbonyl (C=O) groups excluding carboxylic acids is 2. The minimum atomic E-state index is -0.986. The zero-order valence-electron chi connectivity index (χ0n) is 17.6. The van der Waals surface area contributed by atoms with Crippen LogP contribution in [0.25, 0.3) is 10.2 Å². The van der Waals surface area contributed by atoms with Crippen LogP contribution in [0.5, 0.6) is 0 Å². The molecule has 31 heavy (non-hydrogen) atoms. The van der Waals surface area contributed by atoms with Crippen molar-refractivity contribution >= 4 is 45.0 Å². The Morgan fingerprint density at radius 1 is 1.23 bits per heavy atom. The van der Waals surface area contributed by atoms with Crippen molar-refractivity contribution in [3.63, 3.8) is 0 Å². The van der Waals surface area contributed by atoms with Gasteiger partial charge in [-0.3, -0.25) is 9.59 Å². The van der Waals surface area contributed by atoms with Crippen LogP contribution in [-0.2, 0) is 17.9 Å². The lowest BCUT2D eigenvalue weighted by Crippen LogP contribution is -2.64. The largest absolute Gasteiger partial charge is 0.351 e. The van der Waals surface area contributed by atoms with Crippen LogP contribution in [0.2, 0.25) is 5.02 Å². The highest BCUT2D eigenvalue weighted by Crippen LogP contribution is 2.36. The van der Waals surface area contributed by atoms with Gasteiger partial charge in [0.05, 0.1) is 6.54 Å². The second kappa shape index (κ2) is 7.99. The molecule has 1 aliphatic carbocycles. The fourth-order valence-corrected chi connectivity index (χ4v) is 6.02. The number of thiophene rings is 1. The molecule has 1 unspecified atom stereocenters. The number of hydrogen-bond donors (Lipinski definition) is 1. The Balaban J connectivity index is 1.53. The first-order chi connectivity index (χ1) is 15.0. The molecule has 1 fully saturated rings. The third-order valence-electron chi connectivity index (χ3n) is 6.69. The normalized spacial score (nSPS) is 22.0. The fraction of sp³-hybridized carbons (Fsp3) is 0.417. The molecule has 0 bridgehead atoms. The summed E-state index contributed by atoms with van der Waals surface area (Å²) in [5.41, 5.74) is 0.575. The third kappa shape index (κ3) is 3.66. The molecule has 5 rings (SSSR count). The summed E-state index contributed by atoms with van der Waals surface area (Å²) < 4.78 is 2.03. The first kappa shape index (κ1) is 20.6. The molecule has 0 saturated heterocycles. The first-order valence-corrected chi connectivity index (χ1v) is 12.2. The van der Waals surface area contributed by atoms with E-state index in [1.54, 1.807) is 16.2 Å². The van der Waals surface area contributed by atoms with Crippen molar-refractivity contribution in [2.45, 2.75) is 63.7 Å². The monoisotopic (exact) mass is 455 g/mol. The topological polar surface area (TPSA) is 54.3 Å². The Hall–Kier alpha value is -2.31. The number of aromatic nitrogens is 1. The predicted molar refractivity (Wildman–Crippen MR) is 125 cm³/mol. The van der Waals surface area contributed by atoms with Crippen molar-refractivity contribution in [1.29, 1.82) is 0 Å². The van der Waals surface area contributed by atoms with Gasteiger partial charge in [-0.05, 0) is 55.0 Å². The summed E-state index contributed by atoms with van der Waals surface area (Å²) in [7, 11) is 0. The number of hydrogen-bond acceptors (Lipinski definition) is 3. The number of rotatable bonds is 4. The van der Waals surface area contributed by atoms with Crippen LogP contribution in [0.3, 0.4) is 0 Å². The van der Waals surface area contributed by atoms with Crippen molar-refractivity contribution in [2.24, 2.45) is 0 Å². The Kier molecular flexibility index (Phi) is 5.30. The molecule has 5 nitrogen and oxygen atoms in total. The van der Waals surface area contributed by atoms with Crippen LogP contribution in [0.15, 0.2) is 41.8 Å². The molecule has 2 aromatic heterocycles. The molecule has 7 heteroatoms. The fourth-order valence-electron chi connectivity index (χ4n) is 4.91. The number of amides is 2. The Morgan fingerprint density at radius 3 is 2.81 bits per heavy atom. The van der Waals surface area contributed by atoms with Gasteiger partial charge < -0.3 is 14.8 Å². The summed E-state index contributed by atoms with van der Waals surface area (Å²) in [5.74, 6) is -0.185. The summed E-state index contributed by atoms with van der Waals surface area (Å²) in [6.45, 7) is 2.68. The van der Waals surface area contributed by atoms with Crippen LogP contribution in [0.4, 0.5) is 0 Å². The van der Waals surface area contributed by atoms with Crippen molar-refractivity contribution in [1.82, 2.24) is 14.8 Å². The van der Waals surface area contributed by atoms with E-state index < -0.39 is 5.54 Å².